The van der Waals surface area contributed by atoms with Crippen LogP contribution in [0.5, 0.6) is 0 Å². The molecule has 0 aliphatic carbocycles. The lowest BCUT2D eigenvalue weighted by Crippen LogP contribution is -2.10. The molecule has 0 spiro atoms. The topological polar surface area (TPSA) is 41.0 Å². The fourth-order valence-corrected chi connectivity index (χ4v) is 2.20. The van der Waals surface area contributed by atoms with Gasteiger partial charge in [0.25, 0.3) is 0 Å². The van der Waals surface area contributed by atoms with Crippen LogP contribution in [-0.4, -0.2) is 16.4 Å². The fraction of sp³-hybridized carbons (Fsp3) is 0.308. The van der Waals surface area contributed by atoms with Crippen LogP contribution >= 0.6 is 23.6 Å². The van der Waals surface area contributed by atoms with Crippen molar-refractivity contribution < 1.29 is 0 Å². The van der Waals surface area contributed by atoms with Gasteiger partial charge in [0.05, 0.1) is 0 Å². The van der Waals surface area contributed by atoms with E-state index in [0.29, 0.717) is 9.09 Å². The highest BCUT2D eigenvalue weighted by Gasteiger charge is 2.12. The summed E-state index contributed by atoms with van der Waals surface area (Å²) < 4.78 is 0.644. The van der Waals surface area contributed by atoms with Gasteiger partial charge in [0.2, 0.25) is 5.13 Å². The molecule has 1 N–H and O–H groups in total. The Bertz CT molecular complexity index is 600. The van der Waals surface area contributed by atoms with Crippen molar-refractivity contribution in [3.8, 4) is 0 Å². The molecule has 2 aromatic rings. The molecule has 18 heavy (non-hydrogen) atoms. The zero-order valence-electron chi connectivity index (χ0n) is 10.6. The normalized spacial score (nSPS) is 12.2. The van der Waals surface area contributed by atoms with Crippen LogP contribution in [-0.2, 0) is 5.41 Å². The number of hydrogen-bond acceptors (Lipinski definition) is 4. The molecule has 1 aromatic carbocycles. The maximum Gasteiger partial charge on any atom is 0.230 e. The van der Waals surface area contributed by atoms with Gasteiger partial charge in [0.15, 0.2) is 3.95 Å². The highest BCUT2D eigenvalue weighted by Crippen LogP contribution is 2.22. The van der Waals surface area contributed by atoms with E-state index in [-0.39, 0.29) is 5.41 Å². The standard InChI is InChI=1S/C13H15N3S2/c1-13(2,3)10-6-4-9(5-7-10)8-14-11-15-16-12(17)18-11/h4-8H,1-3H3,(H,16,17)/b14-8+. The molecule has 1 heterocycles. The van der Waals surface area contributed by atoms with Crippen LogP contribution in [0.15, 0.2) is 29.3 Å². The summed E-state index contributed by atoms with van der Waals surface area (Å²) in [7, 11) is 0. The third kappa shape index (κ3) is 3.34. The van der Waals surface area contributed by atoms with Crippen LogP contribution in [0, 0.1) is 3.95 Å². The van der Waals surface area contributed by atoms with Crippen LogP contribution in [0.25, 0.3) is 0 Å². The van der Waals surface area contributed by atoms with Crippen LogP contribution in [0.3, 0.4) is 0 Å². The Kier molecular flexibility index (Phi) is 3.73. The molecule has 1 aromatic heterocycles. The maximum atomic E-state index is 4.95. The Labute approximate surface area is 116 Å². The van der Waals surface area contributed by atoms with E-state index in [1.165, 1.54) is 16.9 Å². The number of nitrogens with one attached hydrogen (secondary N) is 1. The van der Waals surface area contributed by atoms with Crippen molar-refractivity contribution in [3.05, 3.63) is 39.3 Å². The highest BCUT2D eigenvalue weighted by atomic mass is 32.1. The average molecular weight is 277 g/mol. The Morgan fingerprint density at radius 3 is 2.44 bits per heavy atom. The monoisotopic (exact) mass is 277 g/mol. The number of aliphatic imine (C=N–C) groups is 1. The predicted octanol–water partition coefficient (Wildman–Crippen LogP) is 4.25. The zero-order valence-corrected chi connectivity index (χ0v) is 12.2. The molecule has 2 rings (SSSR count). The summed E-state index contributed by atoms with van der Waals surface area (Å²) >= 11 is 6.31. The lowest BCUT2D eigenvalue weighted by molar-refractivity contribution is 0.590. The van der Waals surface area contributed by atoms with Crippen LogP contribution < -0.4 is 0 Å². The second-order valence-corrected chi connectivity index (χ2v) is 6.67. The summed E-state index contributed by atoms with van der Waals surface area (Å²) in [6, 6.07) is 8.40. The number of hydrogen-bond donors (Lipinski definition) is 1. The minimum absolute atomic E-state index is 0.178. The summed E-state index contributed by atoms with van der Waals surface area (Å²) in [5, 5.41) is 7.34. The molecule has 0 fully saturated rings. The third-order valence-corrected chi connectivity index (χ3v) is 3.52. The van der Waals surface area contributed by atoms with Crippen LogP contribution in [0.1, 0.15) is 31.9 Å². The van der Waals surface area contributed by atoms with E-state index in [1.807, 2.05) is 0 Å². The largest absolute Gasteiger partial charge is 0.256 e. The van der Waals surface area contributed by atoms with Crippen molar-refractivity contribution in [3.63, 3.8) is 0 Å². The Balaban J connectivity index is 2.16. The van der Waals surface area contributed by atoms with Crippen molar-refractivity contribution >= 4 is 34.9 Å². The number of H-pyrrole nitrogens is 1. The number of aromatic amines is 1. The molecule has 0 saturated carbocycles. The van der Waals surface area contributed by atoms with Crippen molar-refractivity contribution in [1.29, 1.82) is 0 Å². The number of aromatic nitrogens is 2. The van der Waals surface area contributed by atoms with E-state index in [0.717, 1.165) is 5.56 Å². The third-order valence-electron chi connectivity index (χ3n) is 2.53. The average Bonchev–Trinajstić information content (AvgIpc) is 2.72. The van der Waals surface area contributed by atoms with Gasteiger partial charge in [-0.3, -0.25) is 5.10 Å². The Morgan fingerprint density at radius 2 is 1.94 bits per heavy atom. The van der Waals surface area contributed by atoms with Gasteiger partial charge in [-0.1, -0.05) is 56.4 Å². The Morgan fingerprint density at radius 1 is 1.28 bits per heavy atom. The lowest BCUT2D eigenvalue weighted by Gasteiger charge is -2.18. The second kappa shape index (κ2) is 5.12. The summed E-state index contributed by atoms with van der Waals surface area (Å²) in [4.78, 5) is 4.27. The molecule has 0 bridgehead atoms. The second-order valence-electron chi connectivity index (χ2n) is 5.03. The van der Waals surface area contributed by atoms with Crippen LogP contribution in [0.2, 0.25) is 0 Å². The SMILES string of the molecule is CC(C)(C)c1ccc(/C=N/c2n[nH]c(=S)s2)cc1. The number of rotatable bonds is 2. The highest BCUT2D eigenvalue weighted by molar-refractivity contribution is 7.73. The molecule has 3 nitrogen and oxygen atoms in total. The van der Waals surface area contributed by atoms with E-state index < -0.39 is 0 Å². The number of benzene rings is 1. The van der Waals surface area contributed by atoms with Crippen LogP contribution in [0.4, 0.5) is 5.13 Å². The first-order valence-electron chi connectivity index (χ1n) is 5.65. The quantitative estimate of drug-likeness (QED) is 0.658. The van der Waals surface area contributed by atoms with E-state index >= 15 is 0 Å². The van der Waals surface area contributed by atoms with Gasteiger partial charge in [0, 0.05) is 6.21 Å². The smallest absolute Gasteiger partial charge is 0.230 e. The predicted molar refractivity (Wildman–Crippen MR) is 79.7 cm³/mol. The minimum Gasteiger partial charge on any atom is -0.256 e. The van der Waals surface area contributed by atoms with Crippen molar-refractivity contribution in [1.82, 2.24) is 10.2 Å². The molecular weight excluding hydrogens is 262 g/mol. The van der Waals surface area contributed by atoms with Gasteiger partial charge >= 0.3 is 0 Å². The van der Waals surface area contributed by atoms with Crippen molar-refractivity contribution in [2.45, 2.75) is 26.2 Å². The number of nitrogens with zero attached hydrogens (tertiary/aromatic N) is 2. The molecule has 94 valence electrons. The van der Waals surface area contributed by atoms with E-state index in [4.69, 9.17) is 12.2 Å². The van der Waals surface area contributed by atoms with Gasteiger partial charge < -0.3 is 0 Å². The minimum atomic E-state index is 0.178. The molecule has 5 heteroatoms. The van der Waals surface area contributed by atoms with Gasteiger partial charge in [-0.2, -0.15) is 0 Å². The summed E-state index contributed by atoms with van der Waals surface area (Å²) in [5.41, 5.74) is 2.55. The van der Waals surface area contributed by atoms with E-state index in [9.17, 15) is 0 Å². The molecular formula is C13H15N3S2. The van der Waals surface area contributed by atoms with Gasteiger partial charge in [-0.15, -0.1) is 5.10 Å². The fourth-order valence-electron chi connectivity index (χ4n) is 1.48. The lowest BCUT2D eigenvalue weighted by atomic mass is 9.87. The zero-order chi connectivity index (χ0) is 13.2. The molecule has 0 radical (unpaired) electrons. The summed E-state index contributed by atoms with van der Waals surface area (Å²) in [6.07, 6.45) is 1.80. The molecule has 0 saturated heterocycles. The van der Waals surface area contributed by atoms with Crippen molar-refractivity contribution in [2.75, 3.05) is 0 Å². The first kappa shape index (κ1) is 13.1. The summed E-state index contributed by atoms with van der Waals surface area (Å²) in [5.74, 6) is 0. The molecule has 0 aliphatic heterocycles. The van der Waals surface area contributed by atoms with E-state index in [2.05, 4.69) is 60.2 Å². The molecule has 0 unspecified atom stereocenters. The summed E-state index contributed by atoms with van der Waals surface area (Å²) in [6.45, 7) is 6.60. The van der Waals surface area contributed by atoms with Gasteiger partial charge in [0.1, 0.15) is 0 Å². The first-order chi connectivity index (χ1) is 8.45. The molecule has 0 aliphatic rings. The van der Waals surface area contributed by atoms with Gasteiger partial charge in [-0.05, 0) is 28.8 Å². The van der Waals surface area contributed by atoms with E-state index in [1.54, 1.807) is 6.21 Å². The Hall–Kier alpha value is -1.33. The molecule has 0 amide bonds. The van der Waals surface area contributed by atoms with Gasteiger partial charge in [-0.25, -0.2) is 4.99 Å². The maximum absolute atomic E-state index is 4.95. The van der Waals surface area contributed by atoms with Crippen molar-refractivity contribution in [2.24, 2.45) is 4.99 Å². The first-order valence-corrected chi connectivity index (χ1v) is 6.88. The molecule has 0 atom stereocenters.